The van der Waals surface area contributed by atoms with E-state index in [4.69, 9.17) is 14.2 Å². The third-order valence-corrected chi connectivity index (χ3v) is 11.4. The molecular formula is C59H100O6. The van der Waals surface area contributed by atoms with Gasteiger partial charge in [0.25, 0.3) is 0 Å². The minimum absolute atomic E-state index is 0.0960. The van der Waals surface area contributed by atoms with Crippen molar-refractivity contribution < 1.29 is 28.6 Å². The number of ether oxygens (including phenoxy) is 3. The topological polar surface area (TPSA) is 78.9 Å². The summed E-state index contributed by atoms with van der Waals surface area (Å²) in [6.45, 7) is 6.45. The molecule has 6 nitrogen and oxygen atoms in total. The summed E-state index contributed by atoms with van der Waals surface area (Å²) < 4.78 is 16.8. The van der Waals surface area contributed by atoms with Crippen molar-refractivity contribution in [3.05, 3.63) is 85.1 Å². The molecule has 0 aromatic carbocycles. The predicted octanol–water partition coefficient (Wildman–Crippen LogP) is 18.0. The van der Waals surface area contributed by atoms with E-state index < -0.39 is 6.10 Å². The Kier molecular flexibility index (Phi) is 50.4. The number of allylic oxidation sites excluding steroid dienone is 14. The molecule has 0 aliphatic heterocycles. The molecule has 0 fully saturated rings. The lowest BCUT2D eigenvalue weighted by Gasteiger charge is -2.18. The molecule has 0 aromatic rings. The minimum atomic E-state index is -0.802. The summed E-state index contributed by atoms with van der Waals surface area (Å²) in [5, 5.41) is 0. The van der Waals surface area contributed by atoms with Gasteiger partial charge in [0.2, 0.25) is 0 Å². The SMILES string of the molecule is CC/C=C\C/C=C\C/C=C\C/C=C\C/C=C\CCCC(=O)OC[C@H](COC(=O)CCCCCCCCCCCCCCC)OC(=O)CCCCCCCCC/C=C\C/C=C\CCCCC. The Labute approximate surface area is 401 Å². The maximum atomic E-state index is 12.8. The summed E-state index contributed by atoms with van der Waals surface area (Å²) in [7, 11) is 0. The molecule has 0 bridgehead atoms. The lowest BCUT2D eigenvalue weighted by Crippen LogP contribution is -2.30. The fourth-order valence-electron chi connectivity index (χ4n) is 7.33. The van der Waals surface area contributed by atoms with Gasteiger partial charge in [-0.3, -0.25) is 14.4 Å². The Bertz CT molecular complexity index is 1270. The van der Waals surface area contributed by atoms with Crippen molar-refractivity contribution in [3.63, 3.8) is 0 Å². The monoisotopic (exact) mass is 905 g/mol. The first-order valence-corrected chi connectivity index (χ1v) is 27.1. The second-order valence-electron chi connectivity index (χ2n) is 17.8. The lowest BCUT2D eigenvalue weighted by atomic mass is 10.0. The molecule has 0 heterocycles. The highest BCUT2D eigenvalue weighted by Crippen LogP contribution is 2.15. The van der Waals surface area contributed by atoms with E-state index in [1.165, 1.54) is 116 Å². The van der Waals surface area contributed by atoms with Crippen LogP contribution >= 0.6 is 0 Å². The Morgan fingerprint density at radius 1 is 0.323 bits per heavy atom. The van der Waals surface area contributed by atoms with Gasteiger partial charge < -0.3 is 14.2 Å². The third-order valence-electron chi connectivity index (χ3n) is 11.4. The first-order valence-electron chi connectivity index (χ1n) is 27.1. The number of esters is 3. The molecule has 0 saturated heterocycles. The van der Waals surface area contributed by atoms with Crippen LogP contribution in [-0.2, 0) is 28.6 Å². The molecular weight excluding hydrogens is 805 g/mol. The van der Waals surface area contributed by atoms with E-state index in [9.17, 15) is 14.4 Å². The van der Waals surface area contributed by atoms with Crippen molar-refractivity contribution in [3.8, 4) is 0 Å². The van der Waals surface area contributed by atoms with Gasteiger partial charge in [-0.25, -0.2) is 0 Å². The van der Waals surface area contributed by atoms with Crippen LogP contribution in [0.15, 0.2) is 85.1 Å². The van der Waals surface area contributed by atoms with Crippen molar-refractivity contribution in [2.45, 2.75) is 258 Å². The molecule has 6 heteroatoms. The van der Waals surface area contributed by atoms with Gasteiger partial charge in [0.1, 0.15) is 13.2 Å². The molecule has 0 saturated carbocycles. The first-order chi connectivity index (χ1) is 32.0. The maximum Gasteiger partial charge on any atom is 0.306 e. The van der Waals surface area contributed by atoms with Crippen molar-refractivity contribution in [1.29, 1.82) is 0 Å². The summed E-state index contributed by atoms with van der Waals surface area (Å²) in [4.78, 5) is 38.0. The molecule has 0 aliphatic rings. The van der Waals surface area contributed by atoms with Crippen LogP contribution in [0.1, 0.15) is 252 Å². The van der Waals surface area contributed by atoms with E-state index in [0.29, 0.717) is 19.3 Å². The summed E-state index contributed by atoms with van der Waals surface area (Å²) in [6, 6.07) is 0. The van der Waals surface area contributed by atoms with E-state index in [-0.39, 0.29) is 37.5 Å². The number of rotatable bonds is 48. The highest BCUT2D eigenvalue weighted by Gasteiger charge is 2.19. The largest absolute Gasteiger partial charge is 0.462 e. The average molecular weight is 905 g/mol. The van der Waals surface area contributed by atoms with E-state index in [0.717, 1.165) is 89.9 Å². The van der Waals surface area contributed by atoms with Crippen molar-refractivity contribution in [1.82, 2.24) is 0 Å². The van der Waals surface area contributed by atoms with Gasteiger partial charge in [0.15, 0.2) is 6.10 Å². The highest BCUT2D eigenvalue weighted by atomic mass is 16.6. The Morgan fingerprint density at radius 3 is 1.03 bits per heavy atom. The number of unbranched alkanes of at least 4 members (excludes halogenated alkanes) is 23. The number of carbonyl (C=O) groups excluding carboxylic acids is 3. The third kappa shape index (κ3) is 51.4. The number of hydrogen-bond acceptors (Lipinski definition) is 6. The zero-order chi connectivity index (χ0) is 47.2. The van der Waals surface area contributed by atoms with Crippen LogP contribution in [0.25, 0.3) is 0 Å². The number of carbonyl (C=O) groups is 3. The molecule has 0 aliphatic carbocycles. The zero-order valence-corrected chi connectivity index (χ0v) is 42.5. The molecule has 0 N–H and O–H groups in total. The highest BCUT2D eigenvalue weighted by molar-refractivity contribution is 5.71. The molecule has 0 amide bonds. The molecule has 0 rings (SSSR count). The molecule has 372 valence electrons. The normalized spacial score (nSPS) is 12.7. The van der Waals surface area contributed by atoms with Gasteiger partial charge in [0.05, 0.1) is 0 Å². The van der Waals surface area contributed by atoms with E-state index in [2.05, 4.69) is 106 Å². The Hall–Kier alpha value is -3.41. The molecule has 1 atom stereocenters. The van der Waals surface area contributed by atoms with Crippen LogP contribution in [0.4, 0.5) is 0 Å². The maximum absolute atomic E-state index is 12.8. The second kappa shape index (κ2) is 53.2. The van der Waals surface area contributed by atoms with Gasteiger partial charge in [-0.15, -0.1) is 0 Å². The second-order valence-corrected chi connectivity index (χ2v) is 17.8. The van der Waals surface area contributed by atoms with Crippen LogP contribution in [0.3, 0.4) is 0 Å². The molecule has 65 heavy (non-hydrogen) atoms. The average Bonchev–Trinajstić information content (AvgIpc) is 3.30. The van der Waals surface area contributed by atoms with E-state index in [1.54, 1.807) is 0 Å². The van der Waals surface area contributed by atoms with Gasteiger partial charge in [-0.2, -0.15) is 0 Å². The van der Waals surface area contributed by atoms with Crippen LogP contribution in [-0.4, -0.2) is 37.2 Å². The zero-order valence-electron chi connectivity index (χ0n) is 42.5. The fraction of sp³-hybridized carbons (Fsp3) is 0.712. The Balaban J connectivity index is 4.48. The lowest BCUT2D eigenvalue weighted by molar-refractivity contribution is -0.167. The summed E-state index contributed by atoms with van der Waals surface area (Å²) in [5.74, 6) is -0.962. The molecule has 0 spiro atoms. The molecule has 0 aromatic heterocycles. The van der Waals surface area contributed by atoms with Gasteiger partial charge >= 0.3 is 17.9 Å². The number of hydrogen-bond donors (Lipinski definition) is 0. The van der Waals surface area contributed by atoms with Crippen LogP contribution in [0, 0.1) is 0 Å². The van der Waals surface area contributed by atoms with E-state index in [1.807, 2.05) is 0 Å². The summed E-state index contributed by atoms with van der Waals surface area (Å²) >= 11 is 0. The van der Waals surface area contributed by atoms with Crippen molar-refractivity contribution in [2.75, 3.05) is 13.2 Å². The fourth-order valence-corrected chi connectivity index (χ4v) is 7.33. The molecule has 0 radical (unpaired) electrons. The summed E-state index contributed by atoms with van der Waals surface area (Å²) in [5.41, 5.74) is 0. The van der Waals surface area contributed by atoms with Crippen molar-refractivity contribution >= 4 is 17.9 Å². The van der Waals surface area contributed by atoms with Crippen LogP contribution in [0.5, 0.6) is 0 Å². The van der Waals surface area contributed by atoms with Crippen LogP contribution in [0.2, 0.25) is 0 Å². The van der Waals surface area contributed by atoms with Gasteiger partial charge in [-0.05, 0) is 89.9 Å². The van der Waals surface area contributed by atoms with E-state index >= 15 is 0 Å². The van der Waals surface area contributed by atoms with Gasteiger partial charge in [0, 0.05) is 19.3 Å². The molecule has 0 unspecified atom stereocenters. The van der Waals surface area contributed by atoms with Crippen LogP contribution < -0.4 is 0 Å². The standard InChI is InChI=1S/C59H100O6/c1-4-7-10-13-16-19-22-25-27-29-31-34-37-40-43-46-49-52-58(61)64-55-56(54-63-57(60)51-48-45-42-39-36-33-24-21-18-15-12-9-6-3)65-59(62)53-50-47-44-41-38-35-32-30-28-26-23-20-17-14-11-8-5-2/h7,10,16-17,19-20,25-28,31,34,40,43,56H,4-6,8-9,11-15,18,21-24,29-30,32-33,35-39,41-42,44-55H2,1-3H3/b10-7-,19-16-,20-17-,27-25-,28-26-,34-31-,43-40-/t56-/m0/s1. The predicted molar refractivity (Wildman–Crippen MR) is 279 cm³/mol. The minimum Gasteiger partial charge on any atom is -0.462 e. The smallest absolute Gasteiger partial charge is 0.306 e. The quantitative estimate of drug-likeness (QED) is 0.0262. The van der Waals surface area contributed by atoms with Gasteiger partial charge in [-0.1, -0.05) is 228 Å². The Morgan fingerprint density at radius 2 is 0.615 bits per heavy atom. The first kappa shape index (κ1) is 61.6. The summed E-state index contributed by atoms with van der Waals surface area (Å²) in [6.07, 6.45) is 68.5. The van der Waals surface area contributed by atoms with Crippen molar-refractivity contribution in [2.24, 2.45) is 0 Å².